The van der Waals surface area contributed by atoms with Gasteiger partial charge in [-0.05, 0) is 44.5 Å². The van der Waals surface area contributed by atoms with Gasteiger partial charge in [-0.3, -0.25) is 19.4 Å². The molecule has 0 saturated heterocycles. The lowest BCUT2D eigenvalue weighted by Gasteiger charge is -2.16. The molecule has 0 aliphatic carbocycles. The van der Waals surface area contributed by atoms with Gasteiger partial charge >= 0.3 is 0 Å². The number of carbonyl (C=O) groups is 1. The Kier molecular flexibility index (Phi) is 8.88. The van der Waals surface area contributed by atoms with E-state index in [4.69, 9.17) is 4.74 Å². The molecule has 28 heavy (non-hydrogen) atoms. The molecule has 1 amide bonds. The van der Waals surface area contributed by atoms with Crippen molar-refractivity contribution in [3.8, 4) is 0 Å². The third-order valence-electron chi connectivity index (χ3n) is 4.36. The third kappa shape index (κ3) is 7.57. The number of sulfonamides is 1. The lowest BCUT2D eigenvalue weighted by Crippen LogP contribution is -2.32. The molecule has 0 saturated carbocycles. The van der Waals surface area contributed by atoms with Crippen molar-refractivity contribution in [1.29, 1.82) is 0 Å². The van der Waals surface area contributed by atoms with Crippen LogP contribution in [0.3, 0.4) is 0 Å². The largest absolute Gasteiger partial charge is 0.385 e. The van der Waals surface area contributed by atoms with E-state index in [9.17, 15) is 13.2 Å². The molecule has 1 aliphatic heterocycles. The number of nitrogens with zero attached hydrogens (tertiary/aromatic N) is 2. The van der Waals surface area contributed by atoms with Crippen molar-refractivity contribution < 1.29 is 17.9 Å². The lowest BCUT2D eigenvalue weighted by atomic mass is 10.2. The monoisotopic (exact) mass is 410 g/mol. The average Bonchev–Trinajstić information content (AvgIpc) is 2.90. The molecule has 1 aromatic rings. The molecule has 0 aromatic heterocycles. The van der Waals surface area contributed by atoms with Crippen molar-refractivity contribution in [3.05, 3.63) is 24.3 Å². The molecule has 0 fully saturated rings. The third-order valence-corrected chi connectivity index (χ3v) is 5.74. The number of rotatable bonds is 9. The summed E-state index contributed by atoms with van der Waals surface area (Å²) >= 11 is 0. The van der Waals surface area contributed by atoms with Crippen molar-refractivity contribution >= 4 is 27.5 Å². The number of hydrogen-bond donors (Lipinski definition) is 2. The van der Waals surface area contributed by atoms with Gasteiger partial charge in [0, 0.05) is 38.9 Å². The summed E-state index contributed by atoms with van der Waals surface area (Å²) in [6, 6.07) is 6.25. The number of amides is 1. The number of amidine groups is 1. The highest BCUT2D eigenvalue weighted by atomic mass is 32.2. The molecule has 1 aromatic carbocycles. The fourth-order valence-electron chi connectivity index (χ4n) is 2.92. The molecule has 156 valence electrons. The van der Waals surface area contributed by atoms with Gasteiger partial charge in [-0.15, -0.1) is 0 Å². The van der Waals surface area contributed by atoms with Gasteiger partial charge in [0.05, 0.1) is 11.4 Å². The average molecular weight is 411 g/mol. The van der Waals surface area contributed by atoms with Crippen molar-refractivity contribution in [1.82, 2.24) is 9.62 Å². The van der Waals surface area contributed by atoms with Crippen molar-refractivity contribution in [2.75, 3.05) is 45.7 Å². The minimum atomic E-state index is -3.73. The molecule has 1 aliphatic rings. The Morgan fingerprint density at radius 2 is 2.11 bits per heavy atom. The molecule has 9 heteroatoms. The molecule has 1 heterocycles. The molecule has 2 rings (SSSR count). The Labute approximate surface area is 167 Å². The van der Waals surface area contributed by atoms with Crippen LogP contribution in [0, 0.1) is 0 Å². The first-order valence-electron chi connectivity index (χ1n) is 9.54. The topological polar surface area (TPSA) is 100 Å². The Balaban J connectivity index is 1.96. The Morgan fingerprint density at radius 1 is 1.29 bits per heavy atom. The number of ether oxygens (including phenoxy) is 1. The van der Waals surface area contributed by atoms with E-state index in [2.05, 4.69) is 15.0 Å². The smallest absolute Gasteiger partial charge is 0.262 e. The predicted octanol–water partition coefficient (Wildman–Crippen LogP) is 1.84. The number of likely N-dealkylation sites (N-methyl/N-ethyl adjacent to an activating group) is 1. The second kappa shape index (κ2) is 11.1. The summed E-state index contributed by atoms with van der Waals surface area (Å²) < 4.78 is 32.9. The maximum atomic E-state index is 12.7. The van der Waals surface area contributed by atoms with Crippen LogP contribution in [0.1, 0.15) is 32.1 Å². The van der Waals surface area contributed by atoms with E-state index in [-0.39, 0.29) is 17.3 Å². The van der Waals surface area contributed by atoms with Gasteiger partial charge in [-0.2, -0.15) is 0 Å². The van der Waals surface area contributed by atoms with Gasteiger partial charge in [0.15, 0.2) is 0 Å². The van der Waals surface area contributed by atoms with Crippen LogP contribution in [0.4, 0.5) is 5.69 Å². The van der Waals surface area contributed by atoms with E-state index in [1.165, 1.54) is 12.1 Å². The maximum Gasteiger partial charge on any atom is 0.262 e. The number of methoxy groups -OCH3 is 1. The standard InChI is InChI=1S/C19H30N4O4S/c1-23(12-7-13-27-2)15-19(24)21-16-8-6-9-17(14-16)28(25,26)22-18-10-4-3-5-11-20-18/h6,8-9,14H,3-5,7,10-13,15H2,1-2H3,(H,20,22)(H,21,24). The van der Waals surface area contributed by atoms with Gasteiger partial charge in [-0.25, -0.2) is 8.42 Å². The summed E-state index contributed by atoms with van der Waals surface area (Å²) in [6.45, 7) is 2.24. The number of hydrogen-bond acceptors (Lipinski definition) is 6. The second-order valence-corrected chi connectivity index (χ2v) is 8.59. The second-order valence-electron chi connectivity index (χ2n) is 6.90. The molecular formula is C19H30N4O4S. The van der Waals surface area contributed by atoms with Crippen molar-refractivity contribution in [2.45, 2.75) is 37.0 Å². The lowest BCUT2D eigenvalue weighted by molar-refractivity contribution is -0.117. The summed E-state index contributed by atoms with van der Waals surface area (Å²) in [5.74, 6) is 0.306. The van der Waals surface area contributed by atoms with Crippen LogP contribution in [0.2, 0.25) is 0 Å². The zero-order valence-electron chi connectivity index (χ0n) is 16.6. The molecule has 2 N–H and O–H groups in total. The van der Waals surface area contributed by atoms with E-state index < -0.39 is 10.0 Å². The van der Waals surface area contributed by atoms with Crippen LogP contribution in [-0.4, -0.2) is 65.5 Å². The predicted molar refractivity (Wildman–Crippen MR) is 110 cm³/mol. The summed E-state index contributed by atoms with van der Waals surface area (Å²) in [5, 5.41) is 2.76. The molecule has 0 atom stereocenters. The first-order valence-corrected chi connectivity index (χ1v) is 11.0. The van der Waals surface area contributed by atoms with E-state index in [0.717, 1.165) is 32.2 Å². The fraction of sp³-hybridized carbons (Fsp3) is 0.579. The number of aliphatic imine (C=N–C) groups is 1. The molecular weight excluding hydrogens is 380 g/mol. The first-order chi connectivity index (χ1) is 13.4. The van der Waals surface area contributed by atoms with E-state index in [0.29, 0.717) is 31.1 Å². The normalized spacial score (nSPS) is 15.0. The van der Waals surface area contributed by atoms with Crippen LogP contribution >= 0.6 is 0 Å². The number of nitrogens with one attached hydrogen (secondary N) is 2. The SMILES string of the molecule is COCCCN(C)CC(=O)Nc1cccc(S(=O)(=O)NC2=NCCCCC2)c1. The number of carbonyl (C=O) groups excluding carboxylic acids is 1. The first kappa shape index (κ1) is 22.3. The summed E-state index contributed by atoms with van der Waals surface area (Å²) in [6.07, 6.45) is 4.42. The quantitative estimate of drug-likeness (QED) is 0.605. The highest BCUT2D eigenvalue weighted by Crippen LogP contribution is 2.16. The Morgan fingerprint density at radius 3 is 2.89 bits per heavy atom. The number of benzene rings is 1. The van der Waals surface area contributed by atoms with E-state index in [1.54, 1.807) is 19.2 Å². The van der Waals surface area contributed by atoms with Crippen LogP contribution in [-0.2, 0) is 19.6 Å². The highest BCUT2D eigenvalue weighted by Gasteiger charge is 2.18. The van der Waals surface area contributed by atoms with Crippen LogP contribution in [0.15, 0.2) is 34.2 Å². The Bertz CT molecular complexity index is 780. The maximum absolute atomic E-state index is 12.7. The van der Waals surface area contributed by atoms with Gasteiger partial charge < -0.3 is 10.1 Å². The van der Waals surface area contributed by atoms with Crippen molar-refractivity contribution in [2.24, 2.45) is 4.99 Å². The van der Waals surface area contributed by atoms with Crippen LogP contribution < -0.4 is 10.0 Å². The van der Waals surface area contributed by atoms with Crippen LogP contribution in [0.5, 0.6) is 0 Å². The zero-order chi connectivity index (χ0) is 20.4. The minimum absolute atomic E-state index is 0.102. The molecule has 0 unspecified atom stereocenters. The molecule has 0 spiro atoms. The Hall–Kier alpha value is -1.97. The molecule has 8 nitrogen and oxygen atoms in total. The summed E-state index contributed by atoms with van der Waals surface area (Å²) in [4.78, 5) is 18.5. The number of anilines is 1. The molecule has 0 radical (unpaired) electrons. The van der Waals surface area contributed by atoms with Gasteiger partial charge in [-0.1, -0.05) is 12.5 Å². The summed E-state index contributed by atoms with van der Waals surface area (Å²) in [7, 11) is -0.230. The fourth-order valence-corrected chi connectivity index (χ4v) is 4.05. The highest BCUT2D eigenvalue weighted by molar-refractivity contribution is 7.90. The van der Waals surface area contributed by atoms with E-state index in [1.807, 2.05) is 11.9 Å². The van der Waals surface area contributed by atoms with Gasteiger partial charge in [0.1, 0.15) is 5.84 Å². The summed E-state index contributed by atoms with van der Waals surface area (Å²) in [5.41, 5.74) is 0.445. The van der Waals surface area contributed by atoms with Crippen molar-refractivity contribution in [3.63, 3.8) is 0 Å². The van der Waals surface area contributed by atoms with Gasteiger partial charge in [0.2, 0.25) is 5.91 Å². The van der Waals surface area contributed by atoms with E-state index >= 15 is 0 Å². The zero-order valence-corrected chi connectivity index (χ0v) is 17.4. The van der Waals surface area contributed by atoms with Gasteiger partial charge in [0.25, 0.3) is 10.0 Å². The molecule has 0 bridgehead atoms. The minimum Gasteiger partial charge on any atom is -0.385 e. The van der Waals surface area contributed by atoms with Crippen LogP contribution in [0.25, 0.3) is 0 Å².